The van der Waals surface area contributed by atoms with Crippen LogP contribution in [0.4, 0.5) is 5.69 Å². The molecule has 1 rings (SSSR count). The molecule has 0 fully saturated rings. The maximum atomic E-state index is 10.9. The molecule has 118 valence electrons. The zero-order valence-electron chi connectivity index (χ0n) is 13.6. The van der Waals surface area contributed by atoms with Crippen molar-refractivity contribution in [2.75, 3.05) is 0 Å². The van der Waals surface area contributed by atoms with Gasteiger partial charge in [-0.15, -0.1) is 0 Å². The molecule has 0 aromatic heterocycles. The average molecular weight is 292 g/mol. The second kappa shape index (κ2) is 8.78. The van der Waals surface area contributed by atoms with Crippen molar-refractivity contribution in [1.29, 1.82) is 0 Å². The van der Waals surface area contributed by atoms with Crippen molar-refractivity contribution in [2.24, 2.45) is 5.92 Å². The van der Waals surface area contributed by atoms with Gasteiger partial charge < -0.3 is 5.32 Å². The van der Waals surface area contributed by atoms with Crippen molar-refractivity contribution in [3.63, 3.8) is 0 Å². The number of non-ortho nitro benzene ring substituents is 1. The summed E-state index contributed by atoms with van der Waals surface area (Å²) in [4.78, 5) is 10.6. The van der Waals surface area contributed by atoms with Crippen LogP contribution in [-0.2, 0) is 0 Å². The molecule has 3 atom stereocenters. The van der Waals surface area contributed by atoms with Crippen molar-refractivity contribution < 1.29 is 4.92 Å². The molecule has 0 heterocycles. The van der Waals surface area contributed by atoms with Gasteiger partial charge in [-0.2, -0.15) is 0 Å². The molecule has 0 radical (unpaired) electrons. The smallest absolute Gasteiger partial charge is 0.269 e. The van der Waals surface area contributed by atoms with Gasteiger partial charge in [0.1, 0.15) is 0 Å². The summed E-state index contributed by atoms with van der Waals surface area (Å²) in [5.41, 5.74) is 1.19. The van der Waals surface area contributed by atoms with Crippen LogP contribution in [0.2, 0.25) is 0 Å². The highest BCUT2D eigenvalue weighted by molar-refractivity contribution is 5.35. The largest absolute Gasteiger partial charge is 0.307 e. The molecule has 0 saturated heterocycles. The minimum Gasteiger partial charge on any atom is -0.307 e. The molecule has 21 heavy (non-hydrogen) atoms. The third kappa shape index (κ3) is 5.84. The highest BCUT2D eigenvalue weighted by atomic mass is 16.6. The van der Waals surface area contributed by atoms with E-state index < -0.39 is 0 Å². The molecule has 0 aliphatic carbocycles. The molecule has 0 amide bonds. The van der Waals surface area contributed by atoms with E-state index >= 15 is 0 Å². The second-order valence-corrected chi connectivity index (χ2v) is 6.01. The number of rotatable bonds is 9. The highest BCUT2D eigenvalue weighted by Gasteiger charge is 2.17. The van der Waals surface area contributed by atoms with Crippen LogP contribution < -0.4 is 5.32 Å². The van der Waals surface area contributed by atoms with Crippen LogP contribution in [0.25, 0.3) is 0 Å². The van der Waals surface area contributed by atoms with Gasteiger partial charge in [0.15, 0.2) is 0 Å². The predicted molar refractivity (Wildman–Crippen MR) is 87.4 cm³/mol. The first-order valence-electron chi connectivity index (χ1n) is 7.98. The Kier molecular flexibility index (Phi) is 7.37. The van der Waals surface area contributed by atoms with Gasteiger partial charge in [-0.3, -0.25) is 10.1 Å². The van der Waals surface area contributed by atoms with Crippen LogP contribution in [0.1, 0.15) is 65.0 Å². The predicted octanol–water partition coefficient (Wildman–Crippen LogP) is 4.85. The lowest BCUT2D eigenvalue weighted by Gasteiger charge is -2.25. The molecule has 0 aliphatic heterocycles. The fourth-order valence-corrected chi connectivity index (χ4v) is 2.67. The topological polar surface area (TPSA) is 55.2 Å². The maximum absolute atomic E-state index is 10.9. The quantitative estimate of drug-likeness (QED) is 0.523. The van der Waals surface area contributed by atoms with Gasteiger partial charge in [-0.1, -0.05) is 45.7 Å². The Morgan fingerprint density at radius 2 is 2.00 bits per heavy atom. The van der Waals surface area contributed by atoms with Crippen molar-refractivity contribution in [1.82, 2.24) is 5.32 Å². The summed E-state index contributed by atoms with van der Waals surface area (Å²) >= 11 is 0. The number of benzene rings is 1. The Morgan fingerprint density at radius 3 is 2.57 bits per heavy atom. The highest BCUT2D eigenvalue weighted by Crippen LogP contribution is 2.24. The molecule has 1 aromatic rings. The van der Waals surface area contributed by atoms with Gasteiger partial charge in [0.25, 0.3) is 5.69 Å². The average Bonchev–Trinajstić information content (AvgIpc) is 2.46. The Hall–Kier alpha value is -1.42. The maximum Gasteiger partial charge on any atom is 0.269 e. The lowest BCUT2D eigenvalue weighted by molar-refractivity contribution is -0.384. The van der Waals surface area contributed by atoms with E-state index in [-0.39, 0.29) is 16.7 Å². The van der Waals surface area contributed by atoms with Crippen molar-refractivity contribution in [3.8, 4) is 0 Å². The van der Waals surface area contributed by atoms with E-state index in [1.165, 1.54) is 6.42 Å². The fraction of sp³-hybridized carbons (Fsp3) is 0.647. The van der Waals surface area contributed by atoms with E-state index in [4.69, 9.17) is 0 Å². The summed E-state index contributed by atoms with van der Waals surface area (Å²) in [5, 5.41) is 14.6. The SMILES string of the molecule is CCCC(NC(C)CC(C)CC)c1cccc([N+](=O)[O-])c1. The van der Waals surface area contributed by atoms with Crippen molar-refractivity contribution in [2.45, 2.75) is 65.5 Å². The number of nitro benzene ring substituents is 1. The fourth-order valence-electron chi connectivity index (χ4n) is 2.67. The second-order valence-electron chi connectivity index (χ2n) is 6.01. The molecule has 1 N–H and O–H groups in total. The first kappa shape index (κ1) is 17.6. The summed E-state index contributed by atoms with van der Waals surface area (Å²) in [6, 6.07) is 7.61. The summed E-state index contributed by atoms with van der Waals surface area (Å²) in [6.45, 7) is 8.82. The van der Waals surface area contributed by atoms with Gasteiger partial charge in [-0.05, 0) is 31.2 Å². The summed E-state index contributed by atoms with van der Waals surface area (Å²) in [7, 11) is 0. The molecule has 0 saturated carbocycles. The number of hydrogen-bond donors (Lipinski definition) is 1. The first-order valence-corrected chi connectivity index (χ1v) is 7.98. The molecule has 0 spiro atoms. The number of nitrogens with one attached hydrogen (secondary N) is 1. The number of nitro groups is 1. The molecule has 4 heteroatoms. The van der Waals surface area contributed by atoms with Crippen molar-refractivity contribution >= 4 is 5.69 Å². The third-order valence-corrected chi connectivity index (χ3v) is 4.00. The van der Waals surface area contributed by atoms with Gasteiger partial charge >= 0.3 is 0 Å². The number of nitrogens with zero attached hydrogens (tertiary/aromatic N) is 1. The van der Waals surface area contributed by atoms with Crippen molar-refractivity contribution in [3.05, 3.63) is 39.9 Å². The molecule has 4 nitrogen and oxygen atoms in total. The summed E-state index contributed by atoms with van der Waals surface area (Å²) in [6.07, 6.45) is 4.36. The Labute approximate surface area is 128 Å². The third-order valence-electron chi connectivity index (χ3n) is 4.00. The minimum atomic E-state index is -0.324. The normalized spacial score (nSPS) is 15.4. The van der Waals surface area contributed by atoms with Crippen LogP contribution in [-0.4, -0.2) is 11.0 Å². The Balaban J connectivity index is 2.81. The van der Waals surface area contributed by atoms with Gasteiger partial charge in [0, 0.05) is 24.2 Å². The molecular formula is C17H28N2O2. The molecule has 0 bridgehead atoms. The molecule has 0 aliphatic rings. The number of hydrogen-bond acceptors (Lipinski definition) is 3. The van der Waals surface area contributed by atoms with Crippen LogP contribution >= 0.6 is 0 Å². The molecular weight excluding hydrogens is 264 g/mol. The first-order chi connectivity index (χ1) is 9.97. The van der Waals surface area contributed by atoms with E-state index in [1.54, 1.807) is 18.2 Å². The standard InChI is InChI=1S/C17H28N2O2/c1-5-8-17(18-14(4)11-13(3)6-2)15-9-7-10-16(12-15)19(20)21/h7,9-10,12-14,17-18H,5-6,8,11H2,1-4H3. The zero-order valence-corrected chi connectivity index (χ0v) is 13.6. The summed E-state index contributed by atoms with van der Waals surface area (Å²) < 4.78 is 0. The lowest BCUT2D eigenvalue weighted by atomic mass is 9.97. The van der Waals surface area contributed by atoms with Gasteiger partial charge in [0.05, 0.1) is 4.92 Å². The lowest BCUT2D eigenvalue weighted by Crippen LogP contribution is -2.32. The van der Waals surface area contributed by atoms with Crippen LogP contribution in [0.15, 0.2) is 24.3 Å². The van der Waals surface area contributed by atoms with E-state index in [9.17, 15) is 10.1 Å². The minimum absolute atomic E-state index is 0.171. The van der Waals surface area contributed by atoms with E-state index in [0.29, 0.717) is 12.0 Å². The molecule has 1 aromatic carbocycles. The monoisotopic (exact) mass is 292 g/mol. The van der Waals surface area contributed by atoms with E-state index in [2.05, 4.69) is 33.0 Å². The molecule has 3 unspecified atom stereocenters. The van der Waals surface area contributed by atoms with E-state index in [0.717, 1.165) is 24.8 Å². The van der Waals surface area contributed by atoms with E-state index in [1.807, 2.05) is 6.07 Å². The van der Waals surface area contributed by atoms with Gasteiger partial charge in [0.2, 0.25) is 0 Å². The summed E-state index contributed by atoms with van der Waals surface area (Å²) in [5.74, 6) is 0.694. The Morgan fingerprint density at radius 1 is 1.29 bits per heavy atom. The zero-order chi connectivity index (χ0) is 15.8. The van der Waals surface area contributed by atoms with Crippen LogP contribution in [0.5, 0.6) is 0 Å². The van der Waals surface area contributed by atoms with Crippen LogP contribution in [0.3, 0.4) is 0 Å². The van der Waals surface area contributed by atoms with Gasteiger partial charge in [-0.25, -0.2) is 0 Å². The van der Waals surface area contributed by atoms with Crippen LogP contribution in [0, 0.1) is 16.0 Å². The Bertz CT molecular complexity index is 448.